The second-order valence-corrected chi connectivity index (χ2v) is 6.92. The normalized spacial score (nSPS) is 12.9. The minimum atomic E-state index is -1.10. The Morgan fingerprint density at radius 3 is 1.61 bits per heavy atom. The first-order chi connectivity index (χ1) is 13.4. The van der Waals surface area contributed by atoms with Crippen LogP contribution in [-0.2, 0) is 0 Å². The summed E-state index contributed by atoms with van der Waals surface area (Å²) in [7, 11) is 0. The summed E-state index contributed by atoms with van der Waals surface area (Å²) >= 11 is 0. The van der Waals surface area contributed by atoms with Gasteiger partial charge in [-0.3, -0.25) is 0 Å². The maximum Gasteiger partial charge on any atom is 0.119 e. The van der Waals surface area contributed by atoms with E-state index in [1.165, 1.54) is 0 Å². The van der Waals surface area contributed by atoms with Gasteiger partial charge in [0.1, 0.15) is 37.5 Å². The van der Waals surface area contributed by atoms with E-state index in [9.17, 15) is 14.6 Å². The van der Waals surface area contributed by atoms with Crippen LogP contribution in [0.15, 0.2) is 54.1 Å². The Balaban J connectivity index is 2.12. The lowest BCUT2D eigenvalue weighted by Crippen LogP contribution is -2.19. The first kappa shape index (κ1) is 21.9. The molecule has 2 unspecified atom stereocenters. The smallest absolute Gasteiger partial charge is 0.119 e. The predicted octanol–water partition coefficient (Wildman–Crippen LogP) is 4.39. The molecule has 2 atom stereocenters. The minimum absolute atomic E-state index is 0.0699. The van der Waals surface area contributed by atoms with Crippen LogP contribution < -0.4 is 9.47 Å². The van der Waals surface area contributed by atoms with E-state index in [-0.39, 0.29) is 13.2 Å². The molecule has 4 nitrogen and oxygen atoms in total. The number of ether oxygens (including phenoxy) is 2. The molecule has 0 fully saturated rings. The molecule has 152 valence electrons. The van der Waals surface area contributed by atoms with Crippen molar-refractivity contribution >= 4 is 5.57 Å². The van der Waals surface area contributed by atoms with Crippen molar-refractivity contribution in [1.82, 2.24) is 0 Å². The van der Waals surface area contributed by atoms with Gasteiger partial charge in [0.05, 0.1) is 6.10 Å². The van der Waals surface area contributed by atoms with Crippen LogP contribution in [0, 0.1) is 0 Å². The largest absolute Gasteiger partial charge is 0.491 e. The average Bonchev–Trinajstić information content (AvgIpc) is 2.71. The van der Waals surface area contributed by atoms with E-state index in [1.54, 1.807) is 0 Å². The average molecular weight is 388 g/mol. The lowest BCUT2D eigenvalue weighted by atomic mass is 9.94. The summed E-state index contributed by atoms with van der Waals surface area (Å²) in [6, 6.07) is 15.3. The molecule has 0 aliphatic rings. The van der Waals surface area contributed by atoms with Crippen molar-refractivity contribution in [1.29, 1.82) is 0 Å². The summed E-state index contributed by atoms with van der Waals surface area (Å²) in [5.74, 6) is 1.31. The van der Waals surface area contributed by atoms with Crippen LogP contribution in [0.2, 0.25) is 0 Å². The van der Waals surface area contributed by atoms with Crippen LogP contribution in [0.3, 0.4) is 0 Å². The minimum Gasteiger partial charge on any atom is -0.491 e. The van der Waals surface area contributed by atoms with Gasteiger partial charge >= 0.3 is 0 Å². The highest BCUT2D eigenvalue weighted by atomic mass is 19.1. The van der Waals surface area contributed by atoms with Crippen LogP contribution >= 0.6 is 0 Å². The molecular formula is C23H29FO4. The molecule has 2 aromatic carbocycles. The molecular weight excluding hydrogens is 359 g/mol. The zero-order valence-electron chi connectivity index (χ0n) is 16.7. The van der Waals surface area contributed by atoms with E-state index in [1.807, 2.05) is 55.5 Å². The van der Waals surface area contributed by atoms with Gasteiger partial charge in [-0.05, 0) is 61.2 Å². The summed E-state index contributed by atoms with van der Waals surface area (Å²) in [6.45, 7) is 5.41. The lowest BCUT2D eigenvalue weighted by Gasteiger charge is -2.14. The fraction of sp³-hybridized carbons (Fsp3) is 0.391. The second kappa shape index (κ2) is 10.8. The zero-order valence-corrected chi connectivity index (χ0v) is 16.7. The Morgan fingerprint density at radius 1 is 0.821 bits per heavy atom. The highest BCUT2D eigenvalue weighted by Crippen LogP contribution is 2.29. The van der Waals surface area contributed by atoms with Crippen molar-refractivity contribution < 1.29 is 24.1 Å². The lowest BCUT2D eigenvalue weighted by molar-refractivity contribution is 0.0842. The Labute approximate surface area is 166 Å². The number of hydrogen-bond acceptors (Lipinski definition) is 4. The monoisotopic (exact) mass is 388 g/mol. The predicted molar refractivity (Wildman–Crippen MR) is 110 cm³/mol. The fourth-order valence-electron chi connectivity index (χ4n) is 2.73. The number of aliphatic hydroxyl groups excluding tert-OH is 2. The van der Waals surface area contributed by atoms with E-state index >= 15 is 0 Å². The Hall–Kier alpha value is -2.37. The van der Waals surface area contributed by atoms with Crippen molar-refractivity contribution in [2.75, 3.05) is 19.9 Å². The first-order valence-electron chi connectivity index (χ1n) is 9.50. The molecule has 0 radical (unpaired) electrons. The molecule has 2 rings (SSSR count). The van der Waals surface area contributed by atoms with E-state index in [0.717, 1.165) is 28.0 Å². The maximum atomic E-state index is 12.3. The SMILES string of the molecule is CCC(O)COc1ccc(C(=C(C)C)c2ccc(OCC(O)CF)cc2)cc1. The number of allylic oxidation sites excluding steroid dienone is 1. The van der Waals surface area contributed by atoms with E-state index in [4.69, 9.17) is 9.47 Å². The highest BCUT2D eigenvalue weighted by molar-refractivity contribution is 5.82. The number of rotatable bonds is 10. The van der Waals surface area contributed by atoms with Gasteiger partial charge in [-0.25, -0.2) is 4.39 Å². The van der Waals surface area contributed by atoms with Crippen molar-refractivity contribution in [2.45, 2.75) is 39.4 Å². The van der Waals surface area contributed by atoms with Gasteiger partial charge in [0.2, 0.25) is 0 Å². The molecule has 0 aliphatic heterocycles. The Kier molecular flexibility index (Phi) is 8.48. The molecule has 2 aromatic rings. The maximum absolute atomic E-state index is 12.3. The molecule has 28 heavy (non-hydrogen) atoms. The standard InChI is InChI=1S/C23H29FO4/c1-4-19(25)14-27-21-9-5-17(6-10-21)23(16(2)3)18-7-11-22(12-8-18)28-15-20(26)13-24/h5-12,19-20,25-26H,4,13-15H2,1-3H3. The Bertz CT molecular complexity index is 690. The van der Waals surface area contributed by atoms with Crippen LogP contribution in [0.4, 0.5) is 4.39 Å². The summed E-state index contributed by atoms with van der Waals surface area (Å²) in [5, 5.41) is 18.9. The second-order valence-electron chi connectivity index (χ2n) is 6.92. The van der Waals surface area contributed by atoms with Crippen LogP contribution in [-0.4, -0.2) is 42.3 Å². The summed E-state index contributed by atoms with van der Waals surface area (Å²) in [6.07, 6.45) is -0.904. The molecule has 0 spiro atoms. The first-order valence-corrected chi connectivity index (χ1v) is 9.50. The zero-order chi connectivity index (χ0) is 20.5. The van der Waals surface area contributed by atoms with Gasteiger partial charge < -0.3 is 19.7 Å². The number of alkyl halides is 1. The molecule has 2 N–H and O–H groups in total. The van der Waals surface area contributed by atoms with Crippen LogP contribution in [0.5, 0.6) is 11.5 Å². The van der Waals surface area contributed by atoms with Crippen molar-refractivity contribution in [2.24, 2.45) is 0 Å². The van der Waals surface area contributed by atoms with Crippen LogP contribution in [0.25, 0.3) is 5.57 Å². The molecule has 0 bridgehead atoms. The summed E-state index contributed by atoms with van der Waals surface area (Å²) in [5.41, 5.74) is 4.37. The summed E-state index contributed by atoms with van der Waals surface area (Å²) < 4.78 is 23.3. The van der Waals surface area contributed by atoms with Gasteiger partial charge in [0.15, 0.2) is 0 Å². The van der Waals surface area contributed by atoms with Gasteiger partial charge in [-0.1, -0.05) is 36.8 Å². The third-order valence-corrected chi connectivity index (χ3v) is 4.32. The molecule has 0 aliphatic carbocycles. The number of aliphatic hydroxyl groups is 2. The van der Waals surface area contributed by atoms with Gasteiger partial charge in [0, 0.05) is 0 Å². The quantitative estimate of drug-likeness (QED) is 0.634. The van der Waals surface area contributed by atoms with E-state index in [2.05, 4.69) is 13.8 Å². The van der Waals surface area contributed by atoms with Gasteiger partial charge in [-0.15, -0.1) is 0 Å². The summed E-state index contributed by atoms with van der Waals surface area (Å²) in [4.78, 5) is 0. The van der Waals surface area contributed by atoms with Gasteiger partial charge in [-0.2, -0.15) is 0 Å². The number of hydrogen-bond donors (Lipinski definition) is 2. The van der Waals surface area contributed by atoms with E-state index in [0.29, 0.717) is 12.2 Å². The number of halogens is 1. The highest BCUT2D eigenvalue weighted by Gasteiger charge is 2.10. The van der Waals surface area contributed by atoms with Crippen molar-refractivity contribution in [3.8, 4) is 11.5 Å². The third kappa shape index (κ3) is 6.36. The van der Waals surface area contributed by atoms with E-state index < -0.39 is 18.9 Å². The molecule has 0 amide bonds. The van der Waals surface area contributed by atoms with Gasteiger partial charge in [0.25, 0.3) is 0 Å². The fourth-order valence-corrected chi connectivity index (χ4v) is 2.73. The number of benzene rings is 2. The molecule has 0 aromatic heterocycles. The molecule has 5 heteroatoms. The molecule has 0 heterocycles. The topological polar surface area (TPSA) is 58.9 Å². The van der Waals surface area contributed by atoms with Crippen molar-refractivity contribution in [3.63, 3.8) is 0 Å². The third-order valence-electron chi connectivity index (χ3n) is 4.32. The molecule has 0 saturated carbocycles. The Morgan fingerprint density at radius 2 is 1.25 bits per heavy atom. The van der Waals surface area contributed by atoms with Crippen molar-refractivity contribution in [3.05, 3.63) is 65.2 Å². The van der Waals surface area contributed by atoms with Crippen LogP contribution in [0.1, 0.15) is 38.3 Å². The molecule has 0 saturated heterocycles.